The summed E-state index contributed by atoms with van der Waals surface area (Å²) in [6.45, 7) is 10.8. The van der Waals surface area contributed by atoms with Gasteiger partial charge in [0.2, 0.25) is 0 Å². The Hall–Kier alpha value is -2.09. The van der Waals surface area contributed by atoms with Gasteiger partial charge in [-0.05, 0) is 73.2 Å². The van der Waals surface area contributed by atoms with Gasteiger partial charge in [-0.25, -0.2) is 0 Å². The van der Waals surface area contributed by atoms with Crippen LogP contribution in [0.5, 0.6) is 5.75 Å². The van der Waals surface area contributed by atoms with Crippen LogP contribution in [0.2, 0.25) is 0 Å². The molecule has 0 aliphatic carbocycles. The zero-order valence-corrected chi connectivity index (χ0v) is 14.8. The zero-order valence-electron chi connectivity index (χ0n) is 14.8. The highest BCUT2D eigenvalue weighted by Crippen LogP contribution is 2.28. The van der Waals surface area contributed by atoms with Crippen molar-refractivity contribution >= 4 is 11.9 Å². The van der Waals surface area contributed by atoms with Gasteiger partial charge in [0.15, 0.2) is 0 Å². The van der Waals surface area contributed by atoms with E-state index in [1.807, 2.05) is 44.3 Å². The van der Waals surface area contributed by atoms with Crippen LogP contribution >= 0.6 is 0 Å². The molecular formula is C21H27NO. The van der Waals surface area contributed by atoms with Gasteiger partial charge in [-0.2, -0.15) is 0 Å². The van der Waals surface area contributed by atoms with Crippen LogP contribution in [0.15, 0.2) is 53.5 Å². The van der Waals surface area contributed by atoms with E-state index in [1.165, 1.54) is 5.56 Å². The molecule has 2 nitrogen and oxygen atoms in total. The second-order valence-corrected chi connectivity index (χ2v) is 6.78. The van der Waals surface area contributed by atoms with Crippen LogP contribution in [0, 0.1) is 0 Å². The Morgan fingerprint density at radius 2 is 1.61 bits per heavy atom. The quantitative estimate of drug-likeness (QED) is 0.608. The molecule has 2 aromatic carbocycles. The molecule has 0 amide bonds. The first-order valence-electron chi connectivity index (χ1n) is 8.32. The van der Waals surface area contributed by atoms with Crippen molar-refractivity contribution in [2.24, 2.45) is 4.99 Å². The summed E-state index contributed by atoms with van der Waals surface area (Å²) in [4.78, 5) is 4.55. The Balaban J connectivity index is 2.05. The summed E-state index contributed by atoms with van der Waals surface area (Å²) >= 11 is 0. The molecule has 0 N–H and O–H groups in total. The van der Waals surface area contributed by atoms with E-state index in [-0.39, 0.29) is 11.5 Å². The van der Waals surface area contributed by atoms with Crippen molar-refractivity contribution in [3.05, 3.63) is 59.7 Å². The molecule has 0 saturated carbocycles. The molecular weight excluding hydrogens is 282 g/mol. The first-order valence-corrected chi connectivity index (χ1v) is 8.32. The van der Waals surface area contributed by atoms with Crippen LogP contribution in [0.3, 0.4) is 0 Å². The summed E-state index contributed by atoms with van der Waals surface area (Å²) in [5, 5.41) is 0. The van der Waals surface area contributed by atoms with Gasteiger partial charge < -0.3 is 4.74 Å². The van der Waals surface area contributed by atoms with Gasteiger partial charge in [0.1, 0.15) is 5.75 Å². The predicted molar refractivity (Wildman–Crippen MR) is 99.2 cm³/mol. The van der Waals surface area contributed by atoms with E-state index in [9.17, 15) is 0 Å². The van der Waals surface area contributed by atoms with Crippen molar-refractivity contribution < 1.29 is 4.74 Å². The minimum absolute atomic E-state index is 0.195. The van der Waals surface area contributed by atoms with Gasteiger partial charge in [-0.15, -0.1) is 0 Å². The van der Waals surface area contributed by atoms with E-state index in [0.29, 0.717) is 0 Å². The molecule has 2 aromatic rings. The highest BCUT2D eigenvalue weighted by Gasteiger charge is 2.17. The Morgan fingerprint density at radius 3 is 2.13 bits per heavy atom. The molecule has 0 radical (unpaired) electrons. The molecule has 0 unspecified atom stereocenters. The van der Waals surface area contributed by atoms with E-state index in [2.05, 4.69) is 50.0 Å². The fourth-order valence-electron chi connectivity index (χ4n) is 2.26. The maximum absolute atomic E-state index is 5.64. The summed E-state index contributed by atoms with van der Waals surface area (Å²) in [6.07, 6.45) is 3.21. The molecule has 2 heteroatoms. The third-order valence-corrected chi connectivity index (χ3v) is 4.15. The van der Waals surface area contributed by atoms with E-state index in [1.54, 1.807) is 0 Å². The fraction of sp³-hybridized carbons (Fsp3) is 0.381. The summed E-state index contributed by atoms with van der Waals surface area (Å²) in [5.41, 5.74) is 3.62. The smallest absolute Gasteiger partial charge is 0.119 e. The highest BCUT2D eigenvalue weighted by atomic mass is 16.5. The van der Waals surface area contributed by atoms with Crippen LogP contribution in [0.4, 0.5) is 5.69 Å². The summed E-state index contributed by atoms with van der Waals surface area (Å²) in [5.74, 6) is 0.892. The molecule has 0 aromatic heterocycles. The molecule has 0 bridgehead atoms. The van der Waals surface area contributed by atoms with Crippen LogP contribution in [-0.2, 0) is 5.41 Å². The lowest BCUT2D eigenvalue weighted by atomic mass is 9.82. The standard InChI is InChI=1S/C21H27NO/c1-6-21(4,5)18-9-11-19(12-10-18)22-15-17-7-13-20(14-8-17)23-16(2)3/h7-16H,6H2,1-5H3. The van der Waals surface area contributed by atoms with Crippen molar-refractivity contribution in [1.82, 2.24) is 0 Å². The lowest BCUT2D eigenvalue weighted by Crippen LogP contribution is -2.14. The Bertz CT molecular complexity index is 637. The molecule has 0 spiro atoms. The van der Waals surface area contributed by atoms with Gasteiger partial charge >= 0.3 is 0 Å². The van der Waals surface area contributed by atoms with Gasteiger partial charge in [0.05, 0.1) is 11.8 Å². The number of nitrogens with zero attached hydrogens (tertiary/aromatic N) is 1. The summed E-state index contributed by atoms with van der Waals surface area (Å²) in [7, 11) is 0. The largest absolute Gasteiger partial charge is 0.491 e. The molecule has 0 fully saturated rings. The van der Waals surface area contributed by atoms with Crippen molar-refractivity contribution in [2.45, 2.75) is 52.6 Å². The second-order valence-electron chi connectivity index (χ2n) is 6.78. The van der Waals surface area contributed by atoms with Gasteiger partial charge in [0.25, 0.3) is 0 Å². The molecule has 122 valence electrons. The lowest BCUT2D eigenvalue weighted by molar-refractivity contribution is 0.242. The average Bonchev–Trinajstić information content (AvgIpc) is 2.54. The number of aliphatic imine (C=N–C) groups is 1. The maximum Gasteiger partial charge on any atom is 0.119 e. The van der Waals surface area contributed by atoms with Crippen LogP contribution in [0.25, 0.3) is 0 Å². The minimum Gasteiger partial charge on any atom is -0.491 e. The van der Waals surface area contributed by atoms with Crippen LogP contribution in [-0.4, -0.2) is 12.3 Å². The van der Waals surface area contributed by atoms with Gasteiger partial charge in [-0.1, -0.05) is 32.9 Å². The maximum atomic E-state index is 5.64. The van der Waals surface area contributed by atoms with Gasteiger partial charge in [0, 0.05) is 6.21 Å². The monoisotopic (exact) mass is 309 g/mol. The van der Waals surface area contributed by atoms with Crippen molar-refractivity contribution in [1.29, 1.82) is 0 Å². The molecule has 0 aliphatic heterocycles. The van der Waals surface area contributed by atoms with Crippen LogP contribution < -0.4 is 4.74 Å². The minimum atomic E-state index is 0.195. The molecule has 23 heavy (non-hydrogen) atoms. The Kier molecular flexibility index (Phi) is 5.59. The lowest BCUT2D eigenvalue weighted by Gasteiger charge is -2.23. The molecule has 0 heterocycles. The molecule has 0 saturated heterocycles. The predicted octanol–water partition coefficient (Wildman–Crippen LogP) is 5.91. The number of hydrogen-bond donors (Lipinski definition) is 0. The summed E-state index contributed by atoms with van der Waals surface area (Å²) in [6, 6.07) is 16.5. The Morgan fingerprint density at radius 1 is 1.00 bits per heavy atom. The summed E-state index contributed by atoms with van der Waals surface area (Å²) < 4.78 is 5.64. The zero-order chi connectivity index (χ0) is 16.9. The first-order chi connectivity index (χ1) is 10.9. The number of ether oxygens (including phenoxy) is 1. The number of benzene rings is 2. The Labute approximate surface area is 140 Å². The van der Waals surface area contributed by atoms with Crippen molar-refractivity contribution in [3.63, 3.8) is 0 Å². The van der Waals surface area contributed by atoms with E-state index in [0.717, 1.165) is 23.4 Å². The number of rotatable bonds is 6. The van der Waals surface area contributed by atoms with Gasteiger partial charge in [-0.3, -0.25) is 4.99 Å². The van der Waals surface area contributed by atoms with E-state index < -0.39 is 0 Å². The molecule has 0 aliphatic rings. The van der Waals surface area contributed by atoms with Crippen molar-refractivity contribution in [2.75, 3.05) is 0 Å². The topological polar surface area (TPSA) is 21.6 Å². The molecule has 0 atom stereocenters. The third kappa shape index (κ3) is 4.95. The first kappa shape index (κ1) is 17.3. The van der Waals surface area contributed by atoms with Crippen LogP contribution in [0.1, 0.15) is 52.2 Å². The average molecular weight is 309 g/mol. The molecule has 2 rings (SSSR count). The number of hydrogen-bond acceptors (Lipinski definition) is 2. The fourth-order valence-corrected chi connectivity index (χ4v) is 2.26. The highest BCUT2D eigenvalue weighted by molar-refractivity contribution is 5.82. The van der Waals surface area contributed by atoms with E-state index in [4.69, 9.17) is 4.74 Å². The van der Waals surface area contributed by atoms with E-state index >= 15 is 0 Å². The van der Waals surface area contributed by atoms with Crippen molar-refractivity contribution in [3.8, 4) is 5.75 Å². The normalized spacial score (nSPS) is 12.1. The third-order valence-electron chi connectivity index (χ3n) is 4.15. The SMILES string of the molecule is CCC(C)(C)c1ccc(N=Cc2ccc(OC(C)C)cc2)cc1. The second kappa shape index (κ2) is 7.45.